The first-order chi connectivity index (χ1) is 18.7. The van der Waals surface area contributed by atoms with Gasteiger partial charge in [-0.25, -0.2) is 16.8 Å². The average molecular weight is 626 g/mol. The zero-order valence-corrected chi connectivity index (χ0v) is 28.0. The van der Waals surface area contributed by atoms with E-state index in [0.29, 0.717) is 38.5 Å². The molecule has 0 aromatic rings. The molecule has 10 nitrogen and oxygen atoms in total. The van der Waals surface area contributed by atoms with Gasteiger partial charge in [-0.1, -0.05) is 0 Å². The molecule has 0 aliphatic heterocycles. The molecule has 242 valence electrons. The van der Waals surface area contributed by atoms with Gasteiger partial charge in [0.1, 0.15) is 12.2 Å². The lowest BCUT2D eigenvalue weighted by Gasteiger charge is -2.29. The van der Waals surface area contributed by atoms with Crippen LogP contribution in [-0.2, 0) is 38.8 Å². The van der Waals surface area contributed by atoms with E-state index in [1.54, 1.807) is 48.5 Å². The van der Waals surface area contributed by atoms with Crippen LogP contribution in [0.4, 0.5) is 0 Å². The zero-order chi connectivity index (χ0) is 32.2. The molecule has 12 heteroatoms. The number of carbonyl (C=O) groups is 3. The van der Waals surface area contributed by atoms with Crippen molar-refractivity contribution in [2.24, 2.45) is 29.4 Å². The van der Waals surface area contributed by atoms with Crippen LogP contribution in [0.1, 0.15) is 106 Å². The van der Waals surface area contributed by atoms with Gasteiger partial charge in [0.15, 0.2) is 19.7 Å². The molecule has 0 aromatic carbocycles. The second-order valence-electron chi connectivity index (χ2n) is 13.0. The first-order valence-corrected chi connectivity index (χ1v) is 17.9. The summed E-state index contributed by atoms with van der Waals surface area (Å²) in [5.41, 5.74) is 4.50. The fourth-order valence-electron chi connectivity index (χ4n) is 4.85. The Kier molecular flexibility index (Phi) is 16.3. The number of nitrogens with two attached hydrogens (primary N) is 1. The zero-order valence-electron chi connectivity index (χ0n) is 26.4. The molecule has 3 N–H and O–H groups in total. The maximum absolute atomic E-state index is 12.2. The minimum Gasteiger partial charge on any atom is -0.481 e. The van der Waals surface area contributed by atoms with Crippen LogP contribution >= 0.6 is 0 Å². The molecule has 0 atom stereocenters. The lowest BCUT2D eigenvalue weighted by Crippen LogP contribution is -2.35. The number of carboxylic acids is 1. The molecule has 0 amide bonds. The third kappa shape index (κ3) is 13.5. The molecule has 41 heavy (non-hydrogen) atoms. The number of carbonyl (C=O) groups excluding carboxylic acids is 2. The normalized spacial score (nSPS) is 23.6. The first kappa shape index (κ1) is 39.5. The number of Topliss-reactive ketones (excluding diaryl/α,β-unsaturated/α-hetero) is 1. The number of aliphatic carboxylic acids is 1. The predicted octanol–water partition coefficient (Wildman–Crippen LogP) is 4.19. The monoisotopic (exact) mass is 625 g/mol. The van der Waals surface area contributed by atoms with Crippen LogP contribution in [0.25, 0.3) is 0 Å². The molecule has 2 aliphatic rings. The fourth-order valence-corrected chi connectivity index (χ4v) is 7.75. The van der Waals surface area contributed by atoms with Crippen LogP contribution in [0.2, 0.25) is 0 Å². The van der Waals surface area contributed by atoms with Gasteiger partial charge in [-0.2, -0.15) is 0 Å². The summed E-state index contributed by atoms with van der Waals surface area (Å²) in [7, 11) is -4.70. The smallest absolute Gasteiger partial charge is 0.313 e. The fraction of sp³-hybridized carbons (Fsp3) is 0.897. The van der Waals surface area contributed by atoms with Crippen molar-refractivity contribution < 1.29 is 41.1 Å². The van der Waals surface area contributed by atoms with E-state index in [9.17, 15) is 31.2 Å². The number of hydrogen-bond acceptors (Lipinski definition) is 9. The van der Waals surface area contributed by atoms with Gasteiger partial charge in [0, 0.05) is 5.92 Å². The summed E-state index contributed by atoms with van der Waals surface area (Å²) in [5.74, 6) is -1.05. The van der Waals surface area contributed by atoms with Gasteiger partial charge in [-0.05, 0) is 119 Å². The second-order valence-corrected chi connectivity index (χ2v) is 18.6. The molecule has 0 bridgehead atoms. The van der Waals surface area contributed by atoms with Crippen molar-refractivity contribution in [3.63, 3.8) is 0 Å². The van der Waals surface area contributed by atoms with Crippen LogP contribution in [0.5, 0.6) is 0 Å². The summed E-state index contributed by atoms with van der Waals surface area (Å²) < 4.78 is 51.8. The topological polar surface area (TPSA) is 175 Å². The Morgan fingerprint density at radius 1 is 0.707 bits per heavy atom. The summed E-state index contributed by atoms with van der Waals surface area (Å²) in [6, 6.07) is 0. The summed E-state index contributed by atoms with van der Waals surface area (Å²) in [6.45, 7) is 12.3. The number of ether oxygens (including phenoxy) is 1. The summed E-state index contributed by atoms with van der Waals surface area (Å²) in [6.07, 6.45) is 5.29. The van der Waals surface area contributed by atoms with Gasteiger partial charge < -0.3 is 15.6 Å². The quantitative estimate of drug-likeness (QED) is 0.279. The van der Waals surface area contributed by atoms with Gasteiger partial charge in [0.2, 0.25) is 0 Å². The van der Waals surface area contributed by atoms with Crippen molar-refractivity contribution in [2.75, 3.05) is 25.2 Å². The molecule has 0 radical (unpaired) electrons. The first-order valence-electron chi connectivity index (χ1n) is 14.6. The number of sulfone groups is 2. The van der Waals surface area contributed by atoms with Crippen molar-refractivity contribution in [3.8, 4) is 0 Å². The molecule has 2 rings (SSSR count). The largest absolute Gasteiger partial charge is 0.481 e. The Bertz CT molecular complexity index is 1040. The lowest BCUT2D eigenvalue weighted by molar-refractivity contribution is -0.147. The number of carboxylic acid groups (broad SMARTS) is 1. The van der Waals surface area contributed by atoms with Gasteiger partial charge in [0.05, 0.1) is 33.5 Å². The van der Waals surface area contributed by atoms with Gasteiger partial charge in [-0.3, -0.25) is 14.4 Å². The van der Waals surface area contributed by atoms with E-state index in [1.807, 2.05) is 0 Å². The molecule has 0 saturated heterocycles. The molecule has 0 aromatic heterocycles. The van der Waals surface area contributed by atoms with E-state index in [-0.39, 0.29) is 54.0 Å². The van der Waals surface area contributed by atoms with Crippen molar-refractivity contribution in [2.45, 2.75) is 116 Å². The maximum atomic E-state index is 12.2. The Labute approximate surface area is 248 Å². The number of ketones is 1. The molecule has 0 unspecified atom stereocenters. The highest BCUT2D eigenvalue weighted by Crippen LogP contribution is 2.33. The van der Waals surface area contributed by atoms with Crippen LogP contribution in [-0.4, -0.2) is 74.3 Å². The third-order valence-electron chi connectivity index (χ3n) is 7.90. The highest BCUT2D eigenvalue weighted by atomic mass is 32.2. The van der Waals surface area contributed by atoms with Crippen molar-refractivity contribution in [1.29, 1.82) is 0 Å². The van der Waals surface area contributed by atoms with E-state index in [0.717, 1.165) is 12.8 Å². The summed E-state index contributed by atoms with van der Waals surface area (Å²) >= 11 is 0. The molecule has 0 heterocycles. The molecule has 2 aliphatic carbocycles. The van der Waals surface area contributed by atoms with E-state index in [4.69, 9.17) is 9.84 Å². The Morgan fingerprint density at radius 3 is 1.34 bits per heavy atom. The SMILES string of the molecule is CC(C)(C)S(=O)(=O)CC1CCC(C(=O)O)CC1.CCOC(=O)CC(=O)C1CCC(CS(=O)(=O)C(C)(C)C)CC1.CN. The summed E-state index contributed by atoms with van der Waals surface area (Å²) in [5, 5.41) is 8.87. The van der Waals surface area contributed by atoms with Crippen molar-refractivity contribution >= 4 is 37.4 Å². The van der Waals surface area contributed by atoms with Crippen LogP contribution in [0.3, 0.4) is 0 Å². The second kappa shape index (κ2) is 16.9. The van der Waals surface area contributed by atoms with Gasteiger partial charge in [-0.15, -0.1) is 0 Å². The van der Waals surface area contributed by atoms with Gasteiger partial charge in [0.25, 0.3) is 0 Å². The van der Waals surface area contributed by atoms with E-state index < -0.39 is 41.1 Å². The van der Waals surface area contributed by atoms with Crippen LogP contribution in [0, 0.1) is 23.7 Å². The average Bonchev–Trinajstić information content (AvgIpc) is 2.84. The van der Waals surface area contributed by atoms with Gasteiger partial charge >= 0.3 is 11.9 Å². The van der Waals surface area contributed by atoms with Crippen LogP contribution in [0.15, 0.2) is 0 Å². The van der Waals surface area contributed by atoms with E-state index >= 15 is 0 Å². The summed E-state index contributed by atoms with van der Waals surface area (Å²) in [4.78, 5) is 34.1. The standard InChI is InChI=1S/C16H28O5S.C12H22O4S.CH5N/c1-5-21-15(18)10-14(17)13-8-6-12(7-9-13)11-22(19,20)16(2,3)4;1-12(2,3)17(15,16)8-9-4-6-10(7-5-9)11(13)14;1-2/h12-13H,5-11H2,1-4H3;9-10H,4-8H2,1-3H3,(H,13,14);2H2,1H3. The maximum Gasteiger partial charge on any atom is 0.313 e. The number of esters is 1. The predicted molar refractivity (Wildman–Crippen MR) is 162 cm³/mol. The van der Waals surface area contributed by atoms with E-state index in [1.165, 1.54) is 7.05 Å². The van der Waals surface area contributed by atoms with Crippen LogP contribution < -0.4 is 5.73 Å². The molecule has 2 fully saturated rings. The Morgan fingerprint density at radius 2 is 1.05 bits per heavy atom. The highest BCUT2D eigenvalue weighted by Gasteiger charge is 2.36. The number of hydrogen-bond donors (Lipinski definition) is 2. The number of rotatable bonds is 9. The third-order valence-corrected chi connectivity index (χ3v) is 13.5. The Balaban J connectivity index is 0.000000757. The van der Waals surface area contributed by atoms with E-state index in [2.05, 4.69) is 5.73 Å². The minimum atomic E-state index is -3.12. The molecule has 0 spiro atoms. The molecular formula is C29H55NO9S2. The lowest BCUT2D eigenvalue weighted by atomic mass is 9.80. The highest BCUT2D eigenvalue weighted by molar-refractivity contribution is 7.93. The van der Waals surface area contributed by atoms with Crippen molar-refractivity contribution in [3.05, 3.63) is 0 Å². The molecule has 2 saturated carbocycles. The Hall–Kier alpha value is -1.53. The van der Waals surface area contributed by atoms with Crippen molar-refractivity contribution in [1.82, 2.24) is 0 Å². The molecular weight excluding hydrogens is 570 g/mol. The minimum absolute atomic E-state index is 0.0735.